The minimum atomic E-state index is -4.56. The Hall–Kier alpha value is -1.26. The van der Waals surface area contributed by atoms with Crippen molar-refractivity contribution in [1.29, 1.82) is 0 Å². The topological polar surface area (TPSA) is 109 Å². The molecule has 0 spiro atoms. The summed E-state index contributed by atoms with van der Waals surface area (Å²) in [6, 6.07) is 2.54. The Morgan fingerprint density at radius 3 is 2.08 bits per heavy atom. The number of hydrogen-bond donors (Lipinski definition) is 2. The van der Waals surface area contributed by atoms with Crippen LogP contribution in [0.15, 0.2) is 33.4 Å². The molecular weight excluding hydrogens is 372 g/mol. The number of benzene rings is 1. The van der Waals surface area contributed by atoms with Gasteiger partial charge < -0.3 is 0 Å². The molecule has 0 saturated heterocycles. The molecular formula is C15H18O6S3. The quantitative estimate of drug-likeness (QED) is 0.610. The van der Waals surface area contributed by atoms with Gasteiger partial charge in [-0.05, 0) is 42.5 Å². The van der Waals surface area contributed by atoms with Crippen LogP contribution in [0.4, 0.5) is 0 Å². The van der Waals surface area contributed by atoms with Crippen LogP contribution in [0.3, 0.4) is 0 Å². The zero-order valence-corrected chi connectivity index (χ0v) is 16.1. The first-order chi connectivity index (χ1) is 10.7. The van der Waals surface area contributed by atoms with E-state index in [2.05, 4.69) is 6.58 Å². The summed E-state index contributed by atoms with van der Waals surface area (Å²) < 4.78 is 64.8. The van der Waals surface area contributed by atoms with Gasteiger partial charge in [0.15, 0.2) is 0 Å². The number of allylic oxidation sites excluding steroid dienone is 1. The van der Waals surface area contributed by atoms with Crippen LogP contribution in [-0.2, 0) is 25.7 Å². The lowest BCUT2D eigenvalue weighted by molar-refractivity contribution is 0.482. The Morgan fingerprint density at radius 2 is 1.67 bits per heavy atom. The predicted octanol–water partition coefficient (Wildman–Crippen LogP) is 3.56. The minimum absolute atomic E-state index is 0.0834. The van der Waals surface area contributed by atoms with Crippen LogP contribution in [0.1, 0.15) is 31.9 Å². The summed E-state index contributed by atoms with van der Waals surface area (Å²) in [5.74, 6) is 0. The second-order valence-electron chi connectivity index (χ2n) is 6.23. The third-order valence-corrected chi connectivity index (χ3v) is 7.65. The van der Waals surface area contributed by atoms with Crippen molar-refractivity contribution in [3.63, 3.8) is 0 Å². The molecule has 9 heteroatoms. The van der Waals surface area contributed by atoms with Gasteiger partial charge in [0, 0.05) is 5.41 Å². The van der Waals surface area contributed by atoms with E-state index in [1.807, 2.05) is 20.8 Å². The van der Waals surface area contributed by atoms with Crippen molar-refractivity contribution in [1.82, 2.24) is 0 Å². The van der Waals surface area contributed by atoms with Crippen LogP contribution < -0.4 is 0 Å². The first kappa shape index (κ1) is 19.1. The van der Waals surface area contributed by atoms with E-state index in [9.17, 15) is 25.9 Å². The summed E-state index contributed by atoms with van der Waals surface area (Å²) in [4.78, 5) is -0.379. The summed E-state index contributed by atoms with van der Waals surface area (Å²) in [5, 5.41) is 0.355. The van der Waals surface area contributed by atoms with Gasteiger partial charge in [0.25, 0.3) is 10.1 Å². The highest BCUT2D eigenvalue weighted by atomic mass is 32.3. The van der Waals surface area contributed by atoms with Crippen molar-refractivity contribution in [2.45, 2.75) is 42.2 Å². The molecule has 0 bridgehead atoms. The highest BCUT2D eigenvalue weighted by Gasteiger charge is 2.31. The van der Waals surface area contributed by atoms with E-state index >= 15 is 0 Å². The standard InChI is InChI=1S/C15H18O6S3/c1-8(2)15(4,5)13-9(3)6-11(23(16,17)18)14-10(13)7-12(22-14)24(19,20)21/h6-7H,1H2,2-5H3,(H,16,17,18)(H,19,20,21). The Bertz CT molecular complexity index is 1060. The molecule has 0 atom stereocenters. The molecule has 0 saturated carbocycles. The fourth-order valence-corrected chi connectivity index (χ4v) is 5.50. The largest absolute Gasteiger partial charge is 0.304 e. The van der Waals surface area contributed by atoms with Crippen molar-refractivity contribution in [2.75, 3.05) is 0 Å². The molecule has 0 unspecified atom stereocenters. The van der Waals surface area contributed by atoms with Crippen LogP contribution in [0.2, 0.25) is 0 Å². The van der Waals surface area contributed by atoms with Crippen molar-refractivity contribution < 1.29 is 25.9 Å². The number of fused-ring (bicyclic) bond motifs is 1. The van der Waals surface area contributed by atoms with E-state index in [0.717, 1.165) is 5.57 Å². The maximum Gasteiger partial charge on any atom is 0.304 e. The van der Waals surface area contributed by atoms with Gasteiger partial charge >= 0.3 is 10.1 Å². The fraction of sp³-hybridized carbons (Fsp3) is 0.333. The van der Waals surface area contributed by atoms with E-state index < -0.39 is 25.7 Å². The van der Waals surface area contributed by atoms with E-state index in [1.165, 1.54) is 12.1 Å². The van der Waals surface area contributed by atoms with E-state index in [-0.39, 0.29) is 13.8 Å². The molecule has 2 rings (SSSR count). The molecule has 0 fully saturated rings. The SMILES string of the molecule is C=C(C)C(C)(C)c1c(C)cc(S(=O)(=O)O)c2sc(S(=O)(=O)O)cc12. The van der Waals surface area contributed by atoms with Gasteiger partial charge in [0.1, 0.15) is 9.10 Å². The maximum absolute atomic E-state index is 11.7. The maximum atomic E-state index is 11.7. The van der Waals surface area contributed by atoms with Crippen molar-refractivity contribution in [3.05, 3.63) is 35.4 Å². The zero-order valence-electron chi connectivity index (χ0n) is 13.6. The highest BCUT2D eigenvalue weighted by molar-refractivity contribution is 7.88. The number of rotatable bonds is 4. The first-order valence-electron chi connectivity index (χ1n) is 6.86. The van der Waals surface area contributed by atoms with E-state index in [1.54, 1.807) is 6.92 Å². The Labute approximate surface area is 145 Å². The van der Waals surface area contributed by atoms with Crippen LogP contribution in [-0.4, -0.2) is 25.9 Å². The average molecular weight is 391 g/mol. The van der Waals surface area contributed by atoms with Gasteiger partial charge in [-0.2, -0.15) is 16.8 Å². The minimum Gasteiger partial charge on any atom is -0.282 e. The third-order valence-electron chi connectivity index (χ3n) is 4.17. The monoisotopic (exact) mass is 390 g/mol. The third kappa shape index (κ3) is 3.14. The second kappa shape index (κ2) is 5.63. The van der Waals surface area contributed by atoms with Crippen LogP contribution >= 0.6 is 11.3 Å². The lowest BCUT2D eigenvalue weighted by atomic mass is 9.75. The van der Waals surface area contributed by atoms with E-state index in [4.69, 9.17) is 0 Å². The smallest absolute Gasteiger partial charge is 0.282 e. The lowest BCUT2D eigenvalue weighted by Crippen LogP contribution is -2.20. The van der Waals surface area contributed by atoms with Gasteiger partial charge in [-0.25, -0.2) is 0 Å². The van der Waals surface area contributed by atoms with Crippen molar-refractivity contribution in [2.24, 2.45) is 0 Å². The highest BCUT2D eigenvalue weighted by Crippen LogP contribution is 2.43. The second-order valence-corrected chi connectivity index (χ2v) is 10.3. The van der Waals surface area contributed by atoms with Crippen molar-refractivity contribution in [3.8, 4) is 0 Å². The molecule has 2 aromatic rings. The number of aryl methyl sites for hydroxylation is 1. The molecule has 0 aliphatic rings. The van der Waals surface area contributed by atoms with Gasteiger partial charge in [0.2, 0.25) is 0 Å². The molecule has 0 radical (unpaired) electrons. The van der Waals surface area contributed by atoms with Crippen molar-refractivity contribution >= 4 is 41.7 Å². The van der Waals surface area contributed by atoms with Gasteiger partial charge in [-0.15, -0.1) is 11.3 Å². The number of thiophene rings is 1. The summed E-state index contributed by atoms with van der Waals surface area (Å²) in [6.07, 6.45) is 0. The normalized spacial score (nSPS) is 13.4. The van der Waals surface area contributed by atoms with E-state index in [0.29, 0.717) is 27.8 Å². The predicted molar refractivity (Wildman–Crippen MR) is 94.0 cm³/mol. The van der Waals surface area contributed by atoms with Gasteiger partial charge in [-0.1, -0.05) is 26.0 Å². The zero-order chi connectivity index (χ0) is 18.7. The number of hydrogen-bond acceptors (Lipinski definition) is 5. The first-order valence-corrected chi connectivity index (χ1v) is 10.6. The molecule has 6 nitrogen and oxygen atoms in total. The average Bonchev–Trinajstić information content (AvgIpc) is 2.79. The molecule has 0 aliphatic carbocycles. The summed E-state index contributed by atoms with van der Waals surface area (Å²) in [5.41, 5.74) is 1.50. The molecule has 1 aromatic heterocycles. The Kier molecular flexibility index (Phi) is 4.48. The Morgan fingerprint density at radius 1 is 1.12 bits per heavy atom. The lowest BCUT2D eigenvalue weighted by Gasteiger charge is -2.29. The van der Waals surface area contributed by atoms with Crippen LogP contribution in [0.5, 0.6) is 0 Å². The molecule has 24 heavy (non-hydrogen) atoms. The van der Waals surface area contributed by atoms with Crippen LogP contribution in [0, 0.1) is 6.92 Å². The molecule has 2 N–H and O–H groups in total. The van der Waals surface area contributed by atoms with Gasteiger partial charge in [-0.3, -0.25) is 9.11 Å². The van der Waals surface area contributed by atoms with Crippen LogP contribution in [0.25, 0.3) is 10.1 Å². The Balaban J connectivity index is 3.11. The summed E-state index contributed by atoms with van der Waals surface area (Å²) >= 11 is 0.602. The molecule has 1 aromatic carbocycles. The van der Waals surface area contributed by atoms with Gasteiger partial charge in [0.05, 0.1) is 4.70 Å². The molecule has 0 aliphatic heterocycles. The molecule has 1 heterocycles. The molecule has 132 valence electrons. The summed E-state index contributed by atoms with van der Waals surface area (Å²) in [7, 11) is -9.06. The fourth-order valence-electron chi connectivity index (χ4n) is 2.65. The molecule has 0 amide bonds. The summed E-state index contributed by atoms with van der Waals surface area (Å²) in [6.45, 7) is 11.2.